The summed E-state index contributed by atoms with van der Waals surface area (Å²) in [5, 5.41) is 6.53. The zero-order valence-electron chi connectivity index (χ0n) is 23.4. The smallest absolute Gasteiger partial charge is 0.244 e. The number of benzene rings is 3. The molecule has 1 fully saturated rings. The number of nitrogens with one attached hydrogen (secondary N) is 2. The molecule has 3 aromatic carbocycles. The van der Waals surface area contributed by atoms with E-state index in [-0.39, 0.29) is 29.7 Å². The van der Waals surface area contributed by atoms with Gasteiger partial charge in [-0.25, -0.2) is 0 Å². The molecule has 1 aliphatic heterocycles. The van der Waals surface area contributed by atoms with Gasteiger partial charge in [0.1, 0.15) is 0 Å². The van der Waals surface area contributed by atoms with E-state index in [0.717, 1.165) is 12.0 Å². The topological polar surface area (TPSA) is 126 Å². The van der Waals surface area contributed by atoms with Crippen molar-refractivity contribution in [3.63, 3.8) is 0 Å². The number of nitrogens with zero attached hydrogens (tertiary/aromatic N) is 2. The lowest BCUT2D eigenvalue weighted by Gasteiger charge is -2.29. The lowest BCUT2D eigenvalue weighted by molar-refractivity contribution is -0.133. The van der Waals surface area contributed by atoms with E-state index < -0.39 is 6.04 Å². The molecule has 1 heterocycles. The predicted molar refractivity (Wildman–Crippen MR) is 165 cm³/mol. The Morgan fingerprint density at radius 2 is 1.59 bits per heavy atom. The van der Waals surface area contributed by atoms with Gasteiger partial charge in [0.15, 0.2) is 5.96 Å². The first-order valence-electron chi connectivity index (χ1n) is 14.2. The van der Waals surface area contributed by atoms with Crippen molar-refractivity contribution in [2.24, 2.45) is 16.5 Å². The molecule has 2 amide bonds. The first-order valence-corrected chi connectivity index (χ1v) is 14.2. The summed E-state index contributed by atoms with van der Waals surface area (Å²) in [6, 6.07) is 29.9. The molecule has 2 atom stereocenters. The maximum atomic E-state index is 13.9. The van der Waals surface area contributed by atoms with E-state index in [1.807, 2.05) is 71.6 Å². The predicted octanol–water partition coefficient (Wildman–Crippen LogP) is 3.26. The van der Waals surface area contributed by atoms with Gasteiger partial charge in [-0.3, -0.25) is 14.6 Å². The van der Waals surface area contributed by atoms with Crippen LogP contribution >= 0.6 is 0 Å². The monoisotopic (exact) mass is 552 g/mol. The lowest BCUT2D eigenvalue weighted by Crippen LogP contribution is -2.49. The Balaban J connectivity index is 1.47. The Morgan fingerprint density at radius 1 is 0.976 bits per heavy atom. The van der Waals surface area contributed by atoms with Crippen molar-refractivity contribution in [3.05, 3.63) is 114 Å². The third-order valence-corrected chi connectivity index (χ3v) is 7.30. The van der Waals surface area contributed by atoms with Crippen LogP contribution in [0.4, 0.5) is 0 Å². The van der Waals surface area contributed by atoms with Crippen LogP contribution in [0.2, 0.25) is 0 Å². The first-order chi connectivity index (χ1) is 20.0. The number of nitrogens with two attached hydrogens (primary N) is 2. The SMILES string of the molecule is NC(N)=NCCC[C@@H]1N[C@H](CNC(=O)C=Cc2ccccc2)CCN(CC(c2ccccc2)c2ccccc2)C1=O. The van der Waals surface area contributed by atoms with Gasteiger partial charge in [-0.15, -0.1) is 0 Å². The lowest BCUT2D eigenvalue weighted by atomic mass is 9.90. The van der Waals surface area contributed by atoms with Gasteiger partial charge in [0.25, 0.3) is 0 Å². The summed E-state index contributed by atoms with van der Waals surface area (Å²) in [6.45, 7) is 2.03. The highest BCUT2D eigenvalue weighted by molar-refractivity contribution is 5.91. The molecule has 8 heteroatoms. The number of hydrogen-bond acceptors (Lipinski definition) is 4. The van der Waals surface area contributed by atoms with Gasteiger partial charge < -0.3 is 27.0 Å². The molecular formula is C33H40N6O2. The van der Waals surface area contributed by atoms with Crippen LogP contribution in [-0.4, -0.2) is 60.9 Å². The number of guanidine groups is 1. The van der Waals surface area contributed by atoms with Gasteiger partial charge in [-0.05, 0) is 42.0 Å². The van der Waals surface area contributed by atoms with E-state index in [9.17, 15) is 9.59 Å². The highest BCUT2D eigenvalue weighted by Gasteiger charge is 2.32. The standard InChI is InChI=1S/C33H40N6O2/c34-33(35)36-21-10-17-30-32(41)39(24-29(26-13-6-2-7-14-26)27-15-8-3-9-16-27)22-20-28(38-30)23-37-31(40)19-18-25-11-4-1-5-12-25/h1-9,11-16,18-19,28-30,38H,10,17,20-24H2,(H,37,40)(H4,34,35,36)/t28-,30-/m0/s1. The molecule has 0 spiro atoms. The van der Waals surface area contributed by atoms with Crippen LogP contribution in [0, 0.1) is 0 Å². The zero-order chi connectivity index (χ0) is 28.9. The van der Waals surface area contributed by atoms with Crippen molar-refractivity contribution in [1.29, 1.82) is 0 Å². The van der Waals surface area contributed by atoms with E-state index in [2.05, 4.69) is 39.9 Å². The van der Waals surface area contributed by atoms with Crippen molar-refractivity contribution in [2.75, 3.05) is 26.2 Å². The molecule has 0 bridgehead atoms. The van der Waals surface area contributed by atoms with Gasteiger partial charge in [0.05, 0.1) is 6.04 Å². The summed E-state index contributed by atoms with van der Waals surface area (Å²) in [6.07, 6.45) is 5.30. The molecule has 6 N–H and O–H groups in total. The Morgan fingerprint density at radius 3 is 2.20 bits per heavy atom. The molecule has 8 nitrogen and oxygen atoms in total. The highest BCUT2D eigenvalue weighted by atomic mass is 16.2. The van der Waals surface area contributed by atoms with Crippen molar-refractivity contribution >= 4 is 23.8 Å². The minimum atomic E-state index is -0.402. The van der Waals surface area contributed by atoms with E-state index in [1.54, 1.807) is 12.2 Å². The molecule has 0 saturated carbocycles. The molecule has 214 valence electrons. The maximum absolute atomic E-state index is 13.9. The van der Waals surface area contributed by atoms with Gasteiger partial charge in [-0.1, -0.05) is 91.0 Å². The minimum absolute atomic E-state index is 0.0445. The number of rotatable bonds is 12. The largest absolute Gasteiger partial charge is 0.370 e. The number of amides is 2. The Kier molecular flexibility index (Phi) is 11.1. The number of carbonyl (C=O) groups is 2. The van der Waals surface area contributed by atoms with Crippen LogP contribution in [0.1, 0.15) is 41.9 Å². The Bertz CT molecular complexity index is 1250. The molecule has 1 saturated heterocycles. The summed E-state index contributed by atoms with van der Waals surface area (Å²) in [5.74, 6) is -0.0162. The van der Waals surface area contributed by atoms with Crippen LogP contribution in [-0.2, 0) is 9.59 Å². The summed E-state index contributed by atoms with van der Waals surface area (Å²) < 4.78 is 0. The van der Waals surface area contributed by atoms with Gasteiger partial charge in [0, 0.05) is 44.2 Å². The summed E-state index contributed by atoms with van der Waals surface area (Å²) in [5.41, 5.74) is 14.3. The first kappa shape index (κ1) is 29.6. The summed E-state index contributed by atoms with van der Waals surface area (Å²) in [4.78, 5) is 32.5. The highest BCUT2D eigenvalue weighted by Crippen LogP contribution is 2.27. The third kappa shape index (κ3) is 9.32. The second kappa shape index (κ2) is 15.4. The van der Waals surface area contributed by atoms with Crippen molar-refractivity contribution in [2.45, 2.75) is 37.3 Å². The molecule has 0 unspecified atom stereocenters. The van der Waals surface area contributed by atoms with Crippen LogP contribution in [0.5, 0.6) is 0 Å². The van der Waals surface area contributed by atoms with Crippen LogP contribution in [0.15, 0.2) is 102 Å². The third-order valence-electron chi connectivity index (χ3n) is 7.30. The number of aliphatic imine (C=N–C) groups is 1. The second-order valence-electron chi connectivity index (χ2n) is 10.3. The zero-order valence-corrected chi connectivity index (χ0v) is 23.4. The number of hydrogen-bond donors (Lipinski definition) is 4. The van der Waals surface area contributed by atoms with Crippen molar-refractivity contribution in [3.8, 4) is 0 Å². The van der Waals surface area contributed by atoms with E-state index in [0.29, 0.717) is 39.0 Å². The summed E-state index contributed by atoms with van der Waals surface area (Å²) in [7, 11) is 0. The van der Waals surface area contributed by atoms with E-state index in [4.69, 9.17) is 11.5 Å². The Labute approximate surface area is 242 Å². The molecule has 3 aromatic rings. The fourth-order valence-corrected chi connectivity index (χ4v) is 5.15. The number of carbonyl (C=O) groups excluding carboxylic acids is 2. The molecule has 0 aliphatic carbocycles. The normalized spacial score (nSPS) is 17.4. The average Bonchev–Trinajstić information content (AvgIpc) is 3.15. The fraction of sp³-hybridized carbons (Fsp3) is 0.303. The van der Waals surface area contributed by atoms with Crippen LogP contribution in [0.3, 0.4) is 0 Å². The Hall–Kier alpha value is -4.43. The van der Waals surface area contributed by atoms with E-state index >= 15 is 0 Å². The van der Waals surface area contributed by atoms with E-state index in [1.165, 1.54) is 11.1 Å². The van der Waals surface area contributed by atoms with Gasteiger partial charge in [-0.2, -0.15) is 0 Å². The molecular weight excluding hydrogens is 512 g/mol. The van der Waals surface area contributed by atoms with Gasteiger partial charge in [0.2, 0.25) is 11.8 Å². The van der Waals surface area contributed by atoms with Gasteiger partial charge >= 0.3 is 0 Å². The minimum Gasteiger partial charge on any atom is -0.370 e. The summed E-state index contributed by atoms with van der Waals surface area (Å²) >= 11 is 0. The molecule has 1 aliphatic rings. The maximum Gasteiger partial charge on any atom is 0.244 e. The molecule has 4 rings (SSSR count). The molecule has 41 heavy (non-hydrogen) atoms. The quantitative estimate of drug-likeness (QED) is 0.119. The van der Waals surface area contributed by atoms with Crippen molar-refractivity contribution < 1.29 is 9.59 Å². The second-order valence-corrected chi connectivity index (χ2v) is 10.3. The fourth-order valence-electron chi connectivity index (χ4n) is 5.15. The molecule has 0 aromatic heterocycles. The van der Waals surface area contributed by atoms with Crippen LogP contribution < -0.4 is 22.1 Å². The molecule has 0 radical (unpaired) electrons. The van der Waals surface area contributed by atoms with Crippen LogP contribution in [0.25, 0.3) is 6.08 Å². The van der Waals surface area contributed by atoms with Crippen molar-refractivity contribution in [1.82, 2.24) is 15.5 Å². The average molecular weight is 553 g/mol.